The molecule has 0 radical (unpaired) electrons. The van der Waals surface area contributed by atoms with E-state index in [9.17, 15) is 10.2 Å². The Bertz CT molecular complexity index is 1310. The first-order valence-electron chi connectivity index (χ1n) is 10.2. The van der Waals surface area contributed by atoms with Crippen LogP contribution in [0.4, 0.5) is 0 Å². The molecule has 0 spiro atoms. The molecule has 0 bridgehead atoms. The summed E-state index contributed by atoms with van der Waals surface area (Å²) in [7, 11) is 0. The van der Waals surface area contributed by atoms with Gasteiger partial charge in [0, 0.05) is 40.1 Å². The average molecular weight is 462 g/mol. The molecule has 0 fully saturated rings. The number of aromatic hydroxyl groups is 2. The molecule has 4 nitrogen and oxygen atoms in total. The van der Waals surface area contributed by atoms with Crippen LogP contribution in [0, 0.1) is 0 Å². The Morgan fingerprint density at radius 1 is 0.688 bits per heavy atom. The van der Waals surface area contributed by atoms with Crippen molar-refractivity contribution in [3.8, 4) is 11.5 Å². The Hall–Kier alpha value is -3.66. The van der Waals surface area contributed by atoms with Crippen LogP contribution in [0.25, 0.3) is 21.8 Å². The van der Waals surface area contributed by atoms with Crippen molar-refractivity contribution in [2.45, 2.75) is 5.92 Å². The van der Waals surface area contributed by atoms with Crippen LogP contribution in [0.2, 0.25) is 0 Å². The maximum atomic E-state index is 9.97. The number of benzene rings is 2. The summed E-state index contributed by atoms with van der Waals surface area (Å²) >= 11 is 0. The molecule has 2 aromatic heterocycles. The maximum absolute atomic E-state index is 9.97. The number of nitrogens with one attached hydrogen (secondary N) is 2. The Kier molecular flexibility index (Phi) is 6.22. The van der Waals surface area contributed by atoms with Crippen LogP contribution in [0.15, 0.2) is 103 Å². The van der Waals surface area contributed by atoms with E-state index in [1.165, 1.54) is 5.56 Å². The van der Waals surface area contributed by atoms with Gasteiger partial charge in [-0.15, -0.1) is 0 Å². The van der Waals surface area contributed by atoms with E-state index < -0.39 is 0 Å². The van der Waals surface area contributed by atoms with Crippen LogP contribution in [0.3, 0.4) is 0 Å². The number of H-pyrrole nitrogens is 2. The van der Waals surface area contributed by atoms with Crippen molar-refractivity contribution in [1.29, 1.82) is 0 Å². The molecule has 0 unspecified atom stereocenters. The van der Waals surface area contributed by atoms with Crippen molar-refractivity contribution in [1.82, 2.24) is 9.97 Å². The summed E-state index contributed by atoms with van der Waals surface area (Å²) in [4.78, 5) is 6.62. The van der Waals surface area contributed by atoms with E-state index in [4.69, 9.17) is 0 Å². The van der Waals surface area contributed by atoms with Crippen molar-refractivity contribution >= 4 is 21.8 Å². The summed E-state index contributed by atoms with van der Waals surface area (Å²) in [6.07, 6.45) is 4.01. The number of phenolic OH excluding ortho intramolecular Hbond substituents is 2. The number of rotatable bonds is 3. The number of aromatic amines is 2. The molecule has 160 valence electrons. The molecule has 6 aromatic rings. The Balaban J connectivity index is 0.000000363. The van der Waals surface area contributed by atoms with Gasteiger partial charge in [0.2, 0.25) is 0 Å². The maximum Gasteiger partial charge on any atom is 2.00 e. The van der Waals surface area contributed by atoms with Gasteiger partial charge < -0.3 is 20.2 Å². The van der Waals surface area contributed by atoms with Gasteiger partial charge in [0.25, 0.3) is 0 Å². The SMILES string of the molecule is Oc1ccc2[nH]cc(C(c3ccc[cH-]3)c3c[nH]c4ccc(O)cc34)c2c1.[Fe+2].c1cc[cH-]c1. The number of aromatic nitrogens is 2. The second kappa shape index (κ2) is 9.23. The van der Waals surface area contributed by atoms with Gasteiger partial charge >= 0.3 is 17.1 Å². The second-order valence-electron chi connectivity index (χ2n) is 7.56. The normalized spacial score (nSPS) is 10.8. The molecule has 4 N–H and O–H groups in total. The fourth-order valence-corrected chi connectivity index (χ4v) is 4.17. The largest absolute Gasteiger partial charge is 2.00 e. The Morgan fingerprint density at radius 3 is 1.69 bits per heavy atom. The number of fused-ring (bicyclic) bond motifs is 2. The third kappa shape index (κ3) is 4.09. The fraction of sp³-hybridized carbons (Fsp3) is 0.0370. The van der Waals surface area contributed by atoms with Gasteiger partial charge in [0.1, 0.15) is 11.5 Å². The third-order valence-corrected chi connectivity index (χ3v) is 5.59. The minimum Gasteiger partial charge on any atom is -0.508 e. The van der Waals surface area contributed by atoms with Gasteiger partial charge in [0.05, 0.1) is 0 Å². The molecule has 2 heterocycles. The zero-order valence-electron chi connectivity index (χ0n) is 17.1. The Morgan fingerprint density at radius 2 is 1.25 bits per heavy atom. The van der Waals surface area contributed by atoms with Gasteiger partial charge in [-0.2, -0.15) is 35.9 Å². The van der Waals surface area contributed by atoms with Crippen LogP contribution in [-0.4, -0.2) is 20.2 Å². The number of hydrogen-bond acceptors (Lipinski definition) is 2. The van der Waals surface area contributed by atoms with Gasteiger partial charge in [-0.25, -0.2) is 24.3 Å². The average Bonchev–Trinajstić information content (AvgIpc) is 3.58. The minimum atomic E-state index is -0.0175. The van der Waals surface area contributed by atoms with Crippen LogP contribution in [0.5, 0.6) is 11.5 Å². The molecule has 4 aromatic carbocycles. The van der Waals surface area contributed by atoms with Gasteiger partial charge in [0.15, 0.2) is 0 Å². The molecule has 0 atom stereocenters. The topological polar surface area (TPSA) is 72.0 Å². The first kappa shape index (κ1) is 21.6. The van der Waals surface area contributed by atoms with Gasteiger partial charge in [-0.3, -0.25) is 0 Å². The van der Waals surface area contributed by atoms with E-state index >= 15 is 0 Å². The van der Waals surface area contributed by atoms with E-state index in [1.54, 1.807) is 24.3 Å². The molecule has 5 heteroatoms. The molecule has 0 aliphatic carbocycles. The zero-order valence-corrected chi connectivity index (χ0v) is 18.2. The molecule has 0 saturated carbocycles. The summed E-state index contributed by atoms with van der Waals surface area (Å²) in [5, 5.41) is 21.9. The van der Waals surface area contributed by atoms with Gasteiger partial charge in [-0.1, -0.05) is 0 Å². The van der Waals surface area contributed by atoms with Crippen LogP contribution >= 0.6 is 0 Å². The van der Waals surface area contributed by atoms with Crippen molar-refractivity contribution in [2.24, 2.45) is 0 Å². The van der Waals surface area contributed by atoms with Crippen molar-refractivity contribution < 1.29 is 27.3 Å². The second-order valence-corrected chi connectivity index (χ2v) is 7.56. The summed E-state index contributed by atoms with van der Waals surface area (Å²) in [5.41, 5.74) is 5.31. The number of hydrogen-bond donors (Lipinski definition) is 4. The fourth-order valence-electron chi connectivity index (χ4n) is 4.17. The van der Waals surface area contributed by atoms with Crippen LogP contribution in [-0.2, 0) is 17.1 Å². The van der Waals surface area contributed by atoms with E-state index in [1.807, 2.05) is 67.0 Å². The third-order valence-electron chi connectivity index (χ3n) is 5.59. The summed E-state index contributed by atoms with van der Waals surface area (Å²) in [6, 6.07) is 29.0. The molecule has 0 saturated heterocycles. The Labute approximate surface area is 196 Å². The van der Waals surface area contributed by atoms with Crippen LogP contribution < -0.4 is 0 Å². The minimum absolute atomic E-state index is 0. The first-order valence-corrected chi connectivity index (χ1v) is 10.2. The molecular weight excluding hydrogens is 440 g/mol. The van der Waals surface area contributed by atoms with Gasteiger partial charge in [-0.05, 0) is 47.5 Å². The first-order chi connectivity index (χ1) is 15.2. The summed E-state index contributed by atoms with van der Waals surface area (Å²) in [5.74, 6) is 0.475. The smallest absolute Gasteiger partial charge is 0.508 e. The zero-order chi connectivity index (χ0) is 21.2. The molecular formula is C27H22FeN2O2. The van der Waals surface area contributed by atoms with Crippen molar-refractivity contribution in [3.63, 3.8) is 0 Å². The molecule has 0 aliphatic rings. The molecule has 32 heavy (non-hydrogen) atoms. The standard InChI is InChI=1S/C22H17N2O2.C5H5.Fe/c25-14-5-7-20-16(9-14)18(11-23-20)22(13-3-1-2-4-13)19-12-24-21-8-6-15(26)10-17(19)21;1-2-4-5-3-1;/h1-12,22-26H;1-5H;/q2*-1;+2. The quantitative estimate of drug-likeness (QED) is 0.183. The summed E-state index contributed by atoms with van der Waals surface area (Å²) in [6.45, 7) is 0. The monoisotopic (exact) mass is 462 g/mol. The predicted octanol–water partition coefficient (Wildman–Crippen LogP) is 6.36. The van der Waals surface area contributed by atoms with E-state index in [0.29, 0.717) is 0 Å². The molecule has 6 rings (SSSR count). The van der Waals surface area contributed by atoms with Crippen molar-refractivity contribution in [3.05, 3.63) is 120 Å². The van der Waals surface area contributed by atoms with E-state index in [-0.39, 0.29) is 34.5 Å². The molecule has 0 amide bonds. The van der Waals surface area contributed by atoms with Crippen LogP contribution in [0.1, 0.15) is 22.6 Å². The number of phenols is 2. The van der Waals surface area contributed by atoms with E-state index in [0.717, 1.165) is 32.9 Å². The molecule has 0 aliphatic heterocycles. The van der Waals surface area contributed by atoms with E-state index in [2.05, 4.69) is 22.1 Å². The van der Waals surface area contributed by atoms with Crippen molar-refractivity contribution in [2.75, 3.05) is 0 Å². The summed E-state index contributed by atoms with van der Waals surface area (Å²) < 4.78 is 0. The predicted molar refractivity (Wildman–Crippen MR) is 125 cm³/mol.